The molecule has 3 aromatic rings. The predicted molar refractivity (Wildman–Crippen MR) is 113 cm³/mol. The summed E-state index contributed by atoms with van der Waals surface area (Å²) in [5.41, 5.74) is 1.57. The van der Waals surface area contributed by atoms with E-state index < -0.39 is 6.10 Å². The average Bonchev–Trinajstić information content (AvgIpc) is 2.75. The van der Waals surface area contributed by atoms with Crippen LogP contribution >= 0.6 is 11.6 Å². The van der Waals surface area contributed by atoms with Gasteiger partial charge in [-0.15, -0.1) is 0 Å². The van der Waals surface area contributed by atoms with Gasteiger partial charge in [-0.05, 0) is 67.6 Å². The minimum absolute atomic E-state index is 0.143. The fourth-order valence-electron chi connectivity index (χ4n) is 2.75. The second kappa shape index (κ2) is 9.26. The number of rotatable bonds is 7. The van der Waals surface area contributed by atoms with Crippen LogP contribution in [0.25, 0.3) is 0 Å². The Morgan fingerprint density at radius 2 is 1.59 bits per heavy atom. The Balaban J connectivity index is 1.63. The Bertz CT molecular complexity index is 1000. The molecule has 0 aliphatic rings. The molecule has 0 aromatic heterocycles. The molecule has 0 aliphatic carbocycles. The van der Waals surface area contributed by atoms with Gasteiger partial charge in [0.1, 0.15) is 11.5 Å². The number of nitrogens with one attached hydrogen (secondary N) is 1. The number of para-hydroxylation sites is 1. The lowest BCUT2D eigenvalue weighted by atomic mass is 10.1. The van der Waals surface area contributed by atoms with Crippen molar-refractivity contribution in [2.75, 3.05) is 12.4 Å². The van der Waals surface area contributed by atoms with Crippen LogP contribution in [-0.2, 0) is 0 Å². The van der Waals surface area contributed by atoms with Gasteiger partial charge in [0.05, 0.1) is 12.7 Å². The van der Waals surface area contributed by atoms with E-state index in [1.165, 1.54) is 7.11 Å². The van der Waals surface area contributed by atoms with Gasteiger partial charge in [0.15, 0.2) is 6.10 Å². The summed E-state index contributed by atoms with van der Waals surface area (Å²) >= 11 is 5.85. The van der Waals surface area contributed by atoms with Crippen LogP contribution in [0.3, 0.4) is 0 Å². The van der Waals surface area contributed by atoms with E-state index in [-0.39, 0.29) is 11.7 Å². The molecule has 1 unspecified atom stereocenters. The monoisotopic (exact) mass is 409 g/mol. The van der Waals surface area contributed by atoms with Crippen LogP contribution in [0.4, 0.5) is 5.69 Å². The van der Waals surface area contributed by atoms with E-state index in [1.54, 1.807) is 79.7 Å². The molecule has 1 atom stereocenters. The van der Waals surface area contributed by atoms with Crippen LogP contribution in [0.2, 0.25) is 5.02 Å². The number of carbonyl (C=O) groups excluding carboxylic acids is 2. The number of ketones is 1. The zero-order valence-electron chi connectivity index (χ0n) is 16.0. The highest BCUT2D eigenvalue weighted by molar-refractivity contribution is 6.30. The molecule has 1 N–H and O–H groups in total. The van der Waals surface area contributed by atoms with Gasteiger partial charge in [-0.3, -0.25) is 9.59 Å². The lowest BCUT2D eigenvalue weighted by Crippen LogP contribution is -2.23. The van der Waals surface area contributed by atoms with Crippen LogP contribution < -0.4 is 14.8 Å². The van der Waals surface area contributed by atoms with Gasteiger partial charge in [-0.2, -0.15) is 0 Å². The van der Waals surface area contributed by atoms with Crippen LogP contribution in [0.15, 0.2) is 72.8 Å². The number of amides is 1. The first-order valence-corrected chi connectivity index (χ1v) is 9.36. The molecule has 0 spiro atoms. The highest BCUT2D eigenvalue weighted by Gasteiger charge is 2.17. The molecule has 0 saturated heterocycles. The Labute approximate surface area is 174 Å². The van der Waals surface area contributed by atoms with Crippen molar-refractivity contribution in [1.82, 2.24) is 0 Å². The fraction of sp³-hybridized carbons (Fsp3) is 0.130. The Hall–Kier alpha value is -3.31. The van der Waals surface area contributed by atoms with Crippen LogP contribution in [0.1, 0.15) is 27.6 Å². The highest BCUT2D eigenvalue weighted by atomic mass is 35.5. The molecule has 0 bridgehead atoms. The summed E-state index contributed by atoms with van der Waals surface area (Å²) in [5.74, 6) is 0.604. The SMILES string of the molecule is COc1ccccc1C(=O)Nc1ccc(OC(C)C(=O)c2ccc(Cl)cc2)cc1. The first-order chi connectivity index (χ1) is 14.0. The zero-order chi connectivity index (χ0) is 20.8. The van der Waals surface area contributed by atoms with Crippen molar-refractivity contribution < 1.29 is 19.1 Å². The Morgan fingerprint density at radius 3 is 2.24 bits per heavy atom. The first-order valence-electron chi connectivity index (χ1n) is 8.99. The number of carbonyl (C=O) groups is 2. The first kappa shape index (κ1) is 20.4. The summed E-state index contributed by atoms with van der Waals surface area (Å²) in [6.45, 7) is 1.69. The molecule has 5 nitrogen and oxygen atoms in total. The van der Waals surface area contributed by atoms with Gasteiger partial charge in [0.2, 0.25) is 5.78 Å². The van der Waals surface area contributed by atoms with Crippen LogP contribution in [-0.4, -0.2) is 24.9 Å². The molecular formula is C23H20ClNO4. The lowest BCUT2D eigenvalue weighted by molar-refractivity contribution is 0.0818. The van der Waals surface area contributed by atoms with Gasteiger partial charge in [-0.1, -0.05) is 23.7 Å². The molecular weight excluding hydrogens is 390 g/mol. The lowest BCUT2D eigenvalue weighted by Gasteiger charge is -2.14. The van der Waals surface area contributed by atoms with Crippen LogP contribution in [0, 0.1) is 0 Å². The van der Waals surface area contributed by atoms with E-state index in [2.05, 4.69) is 5.32 Å². The number of anilines is 1. The number of methoxy groups -OCH3 is 1. The normalized spacial score (nSPS) is 11.4. The summed E-state index contributed by atoms with van der Waals surface area (Å²) in [5, 5.41) is 3.38. The van der Waals surface area contributed by atoms with E-state index in [0.29, 0.717) is 33.3 Å². The van der Waals surface area contributed by atoms with E-state index in [0.717, 1.165) is 0 Å². The van der Waals surface area contributed by atoms with Crippen molar-refractivity contribution in [3.8, 4) is 11.5 Å². The van der Waals surface area contributed by atoms with Crippen molar-refractivity contribution >= 4 is 29.0 Å². The van der Waals surface area contributed by atoms with Crippen molar-refractivity contribution in [3.63, 3.8) is 0 Å². The van der Waals surface area contributed by atoms with Crippen molar-refractivity contribution in [3.05, 3.63) is 88.9 Å². The van der Waals surface area contributed by atoms with Gasteiger partial charge in [-0.25, -0.2) is 0 Å². The average molecular weight is 410 g/mol. The van der Waals surface area contributed by atoms with Crippen molar-refractivity contribution in [2.45, 2.75) is 13.0 Å². The number of halogens is 1. The summed E-state index contributed by atoms with van der Waals surface area (Å²) in [6, 6.07) is 20.5. The Morgan fingerprint density at radius 1 is 0.931 bits per heavy atom. The van der Waals surface area contributed by atoms with E-state index in [9.17, 15) is 9.59 Å². The predicted octanol–water partition coefficient (Wildman–Crippen LogP) is 5.25. The molecule has 29 heavy (non-hydrogen) atoms. The molecule has 0 saturated carbocycles. The summed E-state index contributed by atoms with van der Waals surface area (Å²) < 4.78 is 10.9. The maximum absolute atomic E-state index is 12.5. The summed E-state index contributed by atoms with van der Waals surface area (Å²) in [6.07, 6.45) is -0.662. The minimum atomic E-state index is -0.662. The number of hydrogen-bond acceptors (Lipinski definition) is 4. The molecule has 0 heterocycles. The van der Waals surface area contributed by atoms with E-state index in [1.807, 2.05) is 0 Å². The number of benzene rings is 3. The fourth-order valence-corrected chi connectivity index (χ4v) is 2.88. The minimum Gasteiger partial charge on any atom is -0.496 e. The molecule has 6 heteroatoms. The maximum atomic E-state index is 12.5. The third-order valence-corrected chi connectivity index (χ3v) is 4.53. The molecule has 0 aliphatic heterocycles. The molecule has 3 aromatic carbocycles. The largest absolute Gasteiger partial charge is 0.496 e. The summed E-state index contributed by atoms with van der Waals surface area (Å²) in [7, 11) is 1.52. The quantitative estimate of drug-likeness (QED) is 0.541. The van der Waals surface area contributed by atoms with E-state index in [4.69, 9.17) is 21.1 Å². The summed E-state index contributed by atoms with van der Waals surface area (Å²) in [4.78, 5) is 24.9. The Kier molecular flexibility index (Phi) is 6.52. The second-order valence-electron chi connectivity index (χ2n) is 6.31. The second-order valence-corrected chi connectivity index (χ2v) is 6.75. The van der Waals surface area contributed by atoms with E-state index >= 15 is 0 Å². The van der Waals surface area contributed by atoms with Gasteiger partial charge in [0, 0.05) is 16.3 Å². The topological polar surface area (TPSA) is 64.6 Å². The molecule has 0 fully saturated rings. The van der Waals surface area contributed by atoms with Crippen molar-refractivity contribution in [2.24, 2.45) is 0 Å². The standard InChI is InChI=1S/C23H20ClNO4/c1-15(22(26)16-7-9-17(24)10-8-16)29-19-13-11-18(12-14-19)25-23(27)20-5-3-4-6-21(20)28-2/h3-15H,1-2H3,(H,25,27). The molecule has 3 rings (SSSR count). The van der Waals surface area contributed by atoms with Gasteiger partial charge in [0.25, 0.3) is 5.91 Å². The maximum Gasteiger partial charge on any atom is 0.259 e. The third kappa shape index (κ3) is 5.15. The molecule has 1 amide bonds. The van der Waals surface area contributed by atoms with Gasteiger partial charge < -0.3 is 14.8 Å². The number of hydrogen-bond donors (Lipinski definition) is 1. The van der Waals surface area contributed by atoms with Crippen LogP contribution in [0.5, 0.6) is 11.5 Å². The van der Waals surface area contributed by atoms with Crippen molar-refractivity contribution in [1.29, 1.82) is 0 Å². The molecule has 0 radical (unpaired) electrons. The highest BCUT2D eigenvalue weighted by Crippen LogP contribution is 2.22. The molecule has 148 valence electrons. The number of Topliss-reactive ketones (excluding diaryl/α,β-unsaturated/α-hetero) is 1. The number of ether oxygens (including phenoxy) is 2. The zero-order valence-corrected chi connectivity index (χ0v) is 16.8. The third-order valence-electron chi connectivity index (χ3n) is 4.27. The smallest absolute Gasteiger partial charge is 0.259 e. The van der Waals surface area contributed by atoms with Gasteiger partial charge >= 0.3 is 0 Å².